The first-order valence-corrected chi connectivity index (χ1v) is 12.4. The topological polar surface area (TPSA) is 104 Å². The lowest BCUT2D eigenvalue weighted by Crippen LogP contribution is -2.48. The molecule has 1 aliphatic carbocycles. The number of nitrogens with one attached hydrogen (secondary N) is 1. The second-order valence-corrected chi connectivity index (χ2v) is 10.8. The van der Waals surface area contributed by atoms with Gasteiger partial charge in [-0.15, -0.1) is 0 Å². The van der Waals surface area contributed by atoms with E-state index in [1.165, 1.54) is 4.90 Å². The average molecular weight is 454 g/mol. The minimum Gasteiger partial charge on any atom is -0.319 e. The van der Waals surface area contributed by atoms with Gasteiger partial charge in [0.2, 0.25) is 5.91 Å². The highest BCUT2D eigenvalue weighted by Crippen LogP contribution is 2.41. The van der Waals surface area contributed by atoms with Crippen molar-refractivity contribution in [3.63, 3.8) is 0 Å². The number of nitrogens with zero attached hydrogens (tertiary/aromatic N) is 2. The molecule has 8 nitrogen and oxygen atoms in total. The summed E-state index contributed by atoms with van der Waals surface area (Å²) in [5.74, 6) is -1.04. The fourth-order valence-electron chi connectivity index (χ4n) is 5.07. The summed E-state index contributed by atoms with van der Waals surface area (Å²) in [5, 5.41) is 2.82. The van der Waals surface area contributed by atoms with Gasteiger partial charge in [-0.1, -0.05) is 42.5 Å². The monoisotopic (exact) mass is 453 g/mol. The SMILES string of the molecule is O=C1N[C@@]2(CCc3ccccc32)C(=O)N1CC(=O)N(c1ccccc1)[C@@H]1CCS(=O)(=O)C1. The normalized spacial score (nSPS) is 25.8. The Hall–Kier alpha value is -3.20. The number of para-hydroxylation sites is 1. The van der Waals surface area contributed by atoms with Crippen LogP contribution in [0, 0.1) is 0 Å². The first-order valence-electron chi connectivity index (χ1n) is 10.6. The molecule has 1 spiro atoms. The largest absolute Gasteiger partial charge is 0.325 e. The smallest absolute Gasteiger partial charge is 0.319 e. The molecule has 2 atom stereocenters. The lowest BCUT2D eigenvalue weighted by Gasteiger charge is -2.30. The second-order valence-electron chi connectivity index (χ2n) is 8.54. The highest BCUT2D eigenvalue weighted by molar-refractivity contribution is 7.91. The summed E-state index contributed by atoms with van der Waals surface area (Å²) in [5.41, 5.74) is 1.20. The van der Waals surface area contributed by atoms with E-state index < -0.39 is 45.8 Å². The third kappa shape index (κ3) is 3.28. The van der Waals surface area contributed by atoms with E-state index in [1.807, 2.05) is 24.3 Å². The van der Waals surface area contributed by atoms with Gasteiger partial charge >= 0.3 is 6.03 Å². The van der Waals surface area contributed by atoms with Crippen molar-refractivity contribution in [2.75, 3.05) is 23.0 Å². The van der Waals surface area contributed by atoms with Gasteiger partial charge in [-0.3, -0.25) is 14.5 Å². The summed E-state index contributed by atoms with van der Waals surface area (Å²) in [6.07, 6.45) is 1.44. The third-order valence-corrected chi connectivity index (χ3v) is 8.34. The fourth-order valence-corrected chi connectivity index (χ4v) is 6.77. The van der Waals surface area contributed by atoms with E-state index in [2.05, 4.69) is 5.32 Å². The number of hydrogen-bond donors (Lipinski definition) is 1. The average Bonchev–Trinajstić information content (AvgIpc) is 3.40. The molecule has 166 valence electrons. The van der Waals surface area contributed by atoms with Crippen LogP contribution < -0.4 is 10.2 Å². The van der Waals surface area contributed by atoms with Crippen LogP contribution in [-0.2, 0) is 31.4 Å². The highest BCUT2D eigenvalue weighted by Gasteiger charge is 2.55. The molecule has 0 unspecified atom stereocenters. The van der Waals surface area contributed by atoms with Gasteiger partial charge in [0.1, 0.15) is 12.1 Å². The third-order valence-electron chi connectivity index (χ3n) is 6.59. The van der Waals surface area contributed by atoms with Gasteiger partial charge < -0.3 is 10.2 Å². The predicted molar refractivity (Wildman–Crippen MR) is 118 cm³/mol. The molecule has 0 radical (unpaired) electrons. The molecule has 2 heterocycles. The van der Waals surface area contributed by atoms with Crippen LogP contribution in [0.15, 0.2) is 54.6 Å². The number of carbonyl (C=O) groups excluding carboxylic acids is 3. The van der Waals surface area contributed by atoms with Crippen molar-refractivity contribution in [1.82, 2.24) is 10.2 Å². The van der Waals surface area contributed by atoms with Crippen molar-refractivity contribution in [2.24, 2.45) is 0 Å². The molecule has 5 rings (SSSR count). The number of aryl methyl sites for hydroxylation is 1. The Bertz CT molecular complexity index is 1210. The number of rotatable bonds is 4. The Morgan fingerprint density at radius 2 is 1.81 bits per heavy atom. The molecule has 32 heavy (non-hydrogen) atoms. The lowest BCUT2D eigenvalue weighted by molar-refractivity contribution is -0.134. The number of sulfone groups is 1. The van der Waals surface area contributed by atoms with Crippen molar-refractivity contribution in [1.29, 1.82) is 0 Å². The molecule has 3 aliphatic rings. The van der Waals surface area contributed by atoms with Gasteiger partial charge in [0, 0.05) is 5.69 Å². The second kappa shape index (κ2) is 7.44. The van der Waals surface area contributed by atoms with E-state index >= 15 is 0 Å². The van der Waals surface area contributed by atoms with Crippen LogP contribution in [0.4, 0.5) is 10.5 Å². The summed E-state index contributed by atoms with van der Waals surface area (Å²) in [7, 11) is -3.24. The van der Waals surface area contributed by atoms with Crippen LogP contribution in [0.25, 0.3) is 0 Å². The Kier molecular flexibility index (Phi) is 4.81. The molecule has 2 saturated heterocycles. The van der Waals surface area contributed by atoms with E-state index in [0.717, 1.165) is 16.0 Å². The molecule has 0 aromatic heterocycles. The Morgan fingerprint density at radius 1 is 1.09 bits per heavy atom. The maximum Gasteiger partial charge on any atom is 0.325 e. The molecule has 2 aromatic rings. The number of hydrogen-bond acceptors (Lipinski definition) is 5. The molecule has 2 aliphatic heterocycles. The lowest BCUT2D eigenvalue weighted by atomic mass is 9.92. The maximum absolute atomic E-state index is 13.4. The standard InChI is InChI=1S/C23H23N3O5S/c27-20(26(17-7-2-1-3-8-17)18-11-13-32(30,31)15-18)14-25-21(28)23(24-22(25)29)12-10-16-6-4-5-9-19(16)23/h1-9,18H,10-15H2,(H,24,29)/t18-,23-/m1/s1. The molecular weight excluding hydrogens is 430 g/mol. The summed E-state index contributed by atoms with van der Waals surface area (Å²) in [6.45, 7) is -0.444. The van der Waals surface area contributed by atoms with Crippen molar-refractivity contribution >= 4 is 33.4 Å². The van der Waals surface area contributed by atoms with E-state index in [-0.39, 0.29) is 11.5 Å². The zero-order valence-corrected chi connectivity index (χ0v) is 18.2. The number of anilines is 1. The van der Waals surface area contributed by atoms with Gasteiger partial charge in [-0.2, -0.15) is 0 Å². The van der Waals surface area contributed by atoms with Crippen molar-refractivity contribution < 1.29 is 22.8 Å². The van der Waals surface area contributed by atoms with Crippen LogP contribution in [0.1, 0.15) is 24.0 Å². The Labute approximate surface area is 186 Å². The molecule has 4 amide bonds. The first kappa shape index (κ1) is 20.7. The summed E-state index contributed by atoms with van der Waals surface area (Å²) in [4.78, 5) is 42.0. The van der Waals surface area contributed by atoms with Gasteiger partial charge in [0.25, 0.3) is 5.91 Å². The number of benzene rings is 2. The molecular formula is C23H23N3O5S. The number of fused-ring (bicyclic) bond motifs is 2. The minimum atomic E-state index is -3.24. The predicted octanol–water partition coefficient (Wildman–Crippen LogP) is 1.60. The molecule has 0 bridgehead atoms. The van der Waals surface area contributed by atoms with Crippen LogP contribution in [0.3, 0.4) is 0 Å². The van der Waals surface area contributed by atoms with Gasteiger partial charge in [-0.05, 0) is 42.5 Å². The Balaban J connectivity index is 1.43. The number of urea groups is 1. The zero-order chi connectivity index (χ0) is 22.5. The van der Waals surface area contributed by atoms with Crippen LogP contribution in [-0.4, -0.2) is 55.3 Å². The molecule has 9 heteroatoms. The molecule has 2 fully saturated rings. The van der Waals surface area contributed by atoms with Crippen LogP contribution in [0.5, 0.6) is 0 Å². The quantitative estimate of drug-likeness (QED) is 0.709. The summed E-state index contributed by atoms with van der Waals surface area (Å²) in [6, 6.07) is 15.1. The van der Waals surface area contributed by atoms with E-state index in [1.54, 1.807) is 30.3 Å². The van der Waals surface area contributed by atoms with Crippen LogP contribution >= 0.6 is 0 Å². The van der Waals surface area contributed by atoms with Crippen molar-refractivity contribution in [2.45, 2.75) is 30.8 Å². The maximum atomic E-state index is 13.4. The number of imide groups is 1. The van der Waals surface area contributed by atoms with E-state index in [9.17, 15) is 22.8 Å². The van der Waals surface area contributed by atoms with E-state index in [0.29, 0.717) is 24.9 Å². The zero-order valence-electron chi connectivity index (χ0n) is 17.4. The molecule has 1 N–H and O–H groups in total. The van der Waals surface area contributed by atoms with Crippen molar-refractivity contribution in [3.8, 4) is 0 Å². The highest BCUT2D eigenvalue weighted by atomic mass is 32.2. The van der Waals surface area contributed by atoms with Gasteiger partial charge in [0.15, 0.2) is 9.84 Å². The van der Waals surface area contributed by atoms with Gasteiger partial charge in [0.05, 0.1) is 17.5 Å². The Morgan fingerprint density at radius 3 is 2.53 bits per heavy atom. The summed E-state index contributed by atoms with van der Waals surface area (Å²) >= 11 is 0. The number of carbonyl (C=O) groups is 3. The first-order chi connectivity index (χ1) is 15.3. The van der Waals surface area contributed by atoms with Gasteiger partial charge in [-0.25, -0.2) is 13.2 Å². The minimum absolute atomic E-state index is 0.0112. The molecule has 0 saturated carbocycles. The van der Waals surface area contributed by atoms with Crippen molar-refractivity contribution in [3.05, 3.63) is 65.7 Å². The number of amides is 4. The van der Waals surface area contributed by atoms with E-state index in [4.69, 9.17) is 0 Å². The van der Waals surface area contributed by atoms with Crippen LogP contribution in [0.2, 0.25) is 0 Å². The summed E-state index contributed by atoms with van der Waals surface area (Å²) < 4.78 is 24.1. The fraction of sp³-hybridized carbons (Fsp3) is 0.348. The molecule has 2 aromatic carbocycles.